The fourth-order valence-electron chi connectivity index (χ4n) is 4.39. The minimum absolute atomic E-state index is 0.156. The van der Waals surface area contributed by atoms with Crippen LogP contribution < -0.4 is 5.32 Å². The Morgan fingerprint density at radius 3 is 2.35 bits per heavy atom. The van der Waals surface area contributed by atoms with Gasteiger partial charge in [0.25, 0.3) is 5.91 Å². The second-order valence-corrected chi connectivity index (χ2v) is 8.06. The van der Waals surface area contributed by atoms with Crippen LogP contribution in [0.25, 0.3) is 23.5 Å². The molecule has 0 bridgehead atoms. The van der Waals surface area contributed by atoms with E-state index >= 15 is 0 Å². The van der Waals surface area contributed by atoms with Gasteiger partial charge in [0.1, 0.15) is 17.3 Å². The topological polar surface area (TPSA) is 91.9 Å². The molecular formula is C28H23NO5. The van der Waals surface area contributed by atoms with Gasteiger partial charge in [0.15, 0.2) is 11.7 Å². The third-order valence-corrected chi connectivity index (χ3v) is 6.03. The molecule has 6 nitrogen and oxygen atoms in total. The van der Waals surface area contributed by atoms with E-state index in [1.54, 1.807) is 48.6 Å². The summed E-state index contributed by atoms with van der Waals surface area (Å²) in [5, 5.41) is 25.8. The molecule has 0 saturated heterocycles. The molecule has 1 aromatic heterocycles. The Hall–Kier alpha value is -4.13. The highest BCUT2D eigenvalue weighted by Gasteiger charge is 2.51. The fraction of sp³-hybridized carbons (Fsp3) is 0.107. The molecule has 0 saturated carbocycles. The Kier molecular flexibility index (Phi) is 5.53. The van der Waals surface area contributed by atoms with E-state index in [0.717, 1.165) is 11.3 Å². The number of nitrogens with one attached hydrogen (secondary N) is 1. The van der Waals surface area contributed by atoms with Crippen LogP contribution in [-0.4, -0.2) is 29.3 Å². The number of carbonyl (C=O) groups excluding carboxylic acids is 1. The van der Waals surface area contributed by atoms with Crippen LogP contribution in [0.15, 0.2) is 89.3 Å². The summed E-state index contributed by atoms with van der Waals surface area (Å²) in [6.45, 7) is 0. The van der Waals surface area contributed by atoms with Crippen LogP contribution >= 0.6 is 0 Å². The highest BCUT2D eigenvalue weighted by atomic mass is 16.5. The fourth-order valence-corrected chi connectivity index (χ4v) is 4.39. The Balaban J connectivity index is 1.56. The van der Waals surface area contributed by atoms with Crippen molar-refractivity contribution in [1.82, 2.24) is 0 Å². The summed E-state index contributed by atoms with van der Waals surface area (Å²) in [5.74, 6) is 0.696. The maximum Gasteiger partial charge on any atom is 0.257 e. The van der Waals surface area contributed by atoms with Gasteiger partial charge in [-0.05, 0) is 42.0 Å². The number of carbonyl (C=O) groups is 1. The summed E-state index contributed by atoms with van der Waals surface area (Å²) in [7, 11) is 1.35. The van der Waals surface area contributed by atoms with Gasteiger partial charge in [0.05, 0.1) is 11.3 Å². The average molecular weight is 453 g/mol. The molecule has 0 spiro atoms. The van der Waals surface area contributed by atoms with Crippen LogP contribution in [0, 0.1) is 0 Å². The molecular weight excluding hydrogens is 430 g/mol. The number of methoxy groups -OCH3 is 1. The second-order valence-electron chi connectivity index (χ2n) is 8.06. The molecule has 1 aliphatic rings. The first-order chi connectivity index (χ1) is 16.5. The molecule has 1 amide bonds. The predicted octanol–water partition coefficient (Wildman–Crippen LogP) is 5.03. The molecule has 5 rings (SSSR count). The number of ether oxygens (including phenoxy) is 1. The van der Waals surface area contributed by atoms with Crippen molar-refractivity contribution in [3.05, 3.63) is 107 Å². The zero-order chi connectivity index (χ0) is 23.7. The van der Waals surface area contributed by atoms with Crippen LogP contribution in [0.2, 0.25) is 0 Å². The van der Waals surface area contributed by atoms with E-state index in [2.05, 4.69) is 5.32 Å². The van der Waals surface area contributed by atoms with Crippen LogP contribution in [0.4, 0.5) is 5.69 Å². The number of phenolic OH excluding ortho intramolecular Hbond substituents is 1. The summed E-state index contributed by atoms with van der Waals surface area (Å²) in [4.78, 5) is 12.7. The molecule has 6 heteroatoms. The number of aliphatic hydroxyl groups is 1. The SMILES string of the molecule is COC1C(=O)Nc2ccc(C=Cc3ccc(-c4ccccc4)o3)c(O)c2C1(O)c1ccccc1. The number of phenols is 1. The predicted molar refractivity (Wildman–Crippen MR) is 130 cm³/mol. The number of hydrogen-bond donors (Lipinski definition) is 3. The maximum absolute atomic E-state index is 12.7. The highest BCUT2D eigenvalue weighted by Crippen LogP contribution is 2.47. The van der Waals surface area contributed by atoms with Gasteiger partial charge in [-0.2, -0.15) is 0 Å². The van der Waals surface area contributed by atoms with Crippen molar-refractivity contribution in [2.24, 2.45) is 0 Å². The molecule has 4 aromatic rings. The standard InChI is InChI=1S/C28H23NO5/c1-33-26-27(31)29-22-16-13-19(25(30)24(22)28(26,32)20-10-6-3-7-11-20)12-14-21-15-17-23(34-21)18-8-4-2-5-9-18/h2-17,26,30,32H,1H3,(H,29,31). The van der Waals surface area contributed by atoms with Gasteiger partial charge in [-0.1, -0.05) is 60.7 Å². The molecule has 0 aliphatic carbocycles. The number of rotatable bonds is 5. The van der Waals surface area contributed by atoms with Crippen molar-refractivity contribution in [2.75, 3.05) is 12.4 Å². The van der Waals surface area contributed by atoms with Gasteiger partial charge in [-0.15, -0.1) is 0 Å². The van der Waals surface area contributed by atoms with Crippen molar-refractivity contribution in [1.29, 1.82) is 0 Å². The lowest BCUT2D eigenvalue weighted by Crippen LogP contribution is -2.52. The Bertz CT molecular complexity index is 1360. The van der Waals surface area contributed by atoms with Crippen molar-refractivity contribution < 1.29 is 24.2 Å². The van der Waals surface area contributed by atoms with E-state index < -0.39 is 17.6 Å². The van der Waals surface area contributed by atoms with Crippen LogP contribution in [0.3, 0.4) is 0 Å². The number of anilines is 1. The molecule has 3 aromatic carbocycles. The number of fused-ring (bicyclic) bond motifs is 1. The van der Waals surface area contributed by atoms with Gasteiger partial charge in [0.2, 0.25) is 0 Å². The molecule has 34 heavy (non-hydrogen) atoms. The van der Waals surface area contributed by atoms with Crippen molar-refractivity contribution in [3.8, 4) is 17.1 Å². The van der Waals surface area contributed by atoms with Gasteiger partial charge < -0.3 is 24.7 Å². The minimum Gasteiger partial charge on any atom is -0.507 e. The van der Waals surface area contributed by atoms with Crippen molar-refractivity contribution in [2.45, 2.75) is 11.7 Å². The quantitative estimate of drug-likeness (QED) is 0.394. The lowest BCUT2D eigenvalue weighted by Gasteiger charge is -2.40. The molecule has 2 atom stereocenters. The molecule has 2 heterocycles. The van der Waals surface area contributed by atoms with Crippen molar-refractivity contribution in [3.63, 3.8) is 0 Å². The van der Waals surface area contributed by atoms with Crippen LogP contribution in [-0.2, 0) is 15.1 Å². The Morgan fingerprint density at radius 2 is 1.65 bits per heavy atom. The molecule has 170 valence electrons. The average Bonchev–Trinajstić information content (AvgIpc) is 3.34. The normalized spacial score (nSPS) is 19.7. The van der Waals surface area contributed by atoms with E-state index in [0.29, 0.717) is 22.6 Å². The second kappa shape index (κ2) is 8.67. The van der Waals surface area contributed by atoms with E-state index in [1.165, 1.54) is 7.11 Å². The van der Waals surface area contributed by atoms with Crippen LogP contribution in [0.5, 0.6) is 5.75 Å². The number of aromatic hydroxyl groups is 1. The third kappa shape index (κ3) is 3.59. The van der Waals surface area contributed by atoms with E-state index in [4.69, 9.17) is 9.15 Å². The summed E-state index contributed by atoms with van der Waals surface area (Å²) >= 11 is 0. The largest absolute Gasteiger partial charge is 0.507 e. The van der Waals surface area contributed by atoms with Crippen molar-refractivity contribution >= 4 is 23.7 Å². The van der Waals surface area contributed by atoms with E-state index in [9.17, 15) is 15.0 Å². The first kappa shape index (κ1) is 21.7. The highest BCUT2D eigenvalue weighted by molar-refractivity contribution is 6.00. The lowest BCUT2D eigenvalue weighted by atomic mass is 9.77. The van der Waals surface area contributed by atoms with Gasteiger partial charge in [-0.25, -0.2) is 0 Å². The first-order valence-corrected chi connectivity index (χ1v) is 10.8. The molecule has 0 fully saturated rings. The van der Waals surface area contributed by atoms with E-state index in [-0.39, 0.29) is 11.3 Å². The molecule has 3 N–H and O–H groups in total. The lowest BCUT2D eigenvalue weighted by molar-refractivity contribution is -0.142. The third-order valence-electron chi connectivity index (χ3n) is 6.03. The monoisotopic (exact) mass is 453 g/mol. The number of hydrogen-bond acceptors (Lipinski definition) is 5. The summed E-state index contributed by atoms with van der Waals surface area (Å²) in [6, 6.07) is 25.5. The maximum atomic E-state index is 12.7. The van der Waals surface area contributed by atoms with E-state index in [1.807, 2.05) is 48.5 Å². The van der Waals surface area contributed by atoms with Gasteiger partial charge >= 0.3 is 0 Å². The molecule has 0 radical (unpaired) electrons. The summed E-state index contributed by atoms with van der Waals surface area (Å²) < 4.78 is 11.3. The van der Waals surface area contributed by atoms with Gasteiger partial charge in [0, 0.05) is 18.2 Å². The van der Waals surface area contributed by atoms with Crippen LogP contribution in [0.1, 0.15) is 22.5 Å². The van der Waals surface area contributed by atoms with Gasteiger partial charge in [-0.3, -0.25) is 4.79 Å². The first-order valence-electron chi connectivity index (χ1n) is 10.8. The smallest absolute Gasteiger partial charge is 0.257 e. The minimum atomic E-state index is -1.88. The summed E-state index contributed by atoms with van der Waals surface area (Å²) in [6.07, 6.45) is 2.20. The zero-order valence-electron chi connectivity index (χ0n) is 18.4. The summed E-state index contributed by atoms with van der Waals surface area (Å²) in [5.41, 5.74) is 0.477. The number of benzene rings is 3. The number of furan rings is 1. The number of amides is 1. The zero-order valence-corrected chi connectivity index (χ0v) is 18.4. The Morgan fingerprint density at radius 1 is 0.941 bits per heavy atom. The molecule has 2 unspecified atom stereocenters. The molecule has 1 aliphatic heterocycles. The Labute approximate surface area is 196 Å².